The number of halogens is 1. The summed E-state index contributed by atoms with van der Waals surface area (Å²) in [5, 5.41) is 24.2. The molecule has 2 aromatic heterocycles. The van der Waals surface area contributed by atoms with E-state index in [2.05, 4.69) is 46.0 Å². The summed E-state index contributed by atoms with van der Waals surface area (Å²) in [6.45, 7) is 16.8. The number of ether oxygens (including phenoxy) is 1. The number of thiazole rings is 1. The Kier molecular flexibility index (Phi) is 16.4. The number of anilines is 5. The van der Waals surface area contributed by atoms with Crippen LogP contribution in [0.2, 0.25) is 5.02 Å². The number of aliphatic hydroxyl groups is 1. The summed E-state index contributed by atoms with van der Waals surface area (Å²) in [5.41, 5.74) is 6.43. The fourth-order valence-electron chi connectivity index (χ4n) is 8.73. The number of hydrogen-bond acceptors (Lipinski definition) is 14. The van der Waals surface area contributed by atoms with Crippen molar-refractivity contribution < 1.29 is 28.8 Å². The number of aliphatic hydroxyl groups excluding tert-OH is 1. The Hall–Kier alpha value is -5.58. The molecule has 2 aliphatic heterocycles. The van der Waals surface area contributed by atoms with E-state index in [9.17, 15) is 24.1 Å². The summed E-state index contributed by atoms with van der Waals surface area (Å²) in [5.74, 6) is 0.317. The number of β-amino-alcohol motifs (C(OH)–C–C–N with tert-alkyl or cyclic N) is 1. The molecule has 3 aromatic carbocycles. The lowest BCUT2D eigenvalue weighted by molar-refractivity contribution is -0.144. The lowest BCUT2D eigenvalue weighted by atomic mass is 9.85. The Morgan fingerprint density at radius 2 is 1.70 bits per heavy atom. The zero-order valence-corrected chi connectivity index (χ0v) is 43.1. The van der Waals surface area contributed by atoms with Crippen LogP contribution in [0.15, 0.2) is 78.4 Å². The van der Waals surface area contributed by atoms with Gasteiger partial charge < -0.3 is 45.5 Å². The average Bonchev–Trinajstić information content (AvgIpc) is 3.94. The molecule has 4 heterocycles. The minimum absolute atomic E-state index is 0.00900. The maximum Gasteiger partial charge on any atom is 0.246 e. The Morgan fingerprint density at radius 3 is 2.36 bits per heavy atom. The van der Waals surface area contributed by atoms with Crippen LogP contribution in [-0.4, -0.2) is 125 Å². The largest absolute Gasteiger partial charge is 0.494 e. The number of amides is 3. The molecule has 19 heteroatoms. The fourth-order valence-corrected chi connectivity index (χ4v) is 10.8. The predicted molar refractivity (Wildman–Crippen MR) is 276 cm³/mol. The first-order valence-electron chi connectivity index (χ1n) is 23.2. The van der Waals surface area contributed by atoms with Crippen LogP contribution in [0.25, 0.3) is 10.4 Å². The molecule has 5 N–H and O–H groups in total. The molecule has 0 saturated carbocycles. The van der Waals surface area contributed by atoms with Crippen LogP contribution in [0.5, 0.6) is 5.75 Å². The van der Waals surface area contributed by atoms with Crippen LogP contribution in [0, 0.1) is 12.3 Å². The van der Waals surface area contributed by atoms with Crippen molar-refractivity contribution in [2.75, 3.05) is 75.2 Å². The lowest BCUT2D eigenvalue weighted by Gasteiger charge is -2.36. The minimum atomic E-state index is -2.58. The highest BCUT2D eigenvalue weighted by Crippen LogP contribution is 2.39. The standard InChI is InChI=1S/C50H64ClN10O6PS/c1-31(33-15-17-34(18-16-33)44-32(2)53-30-69-44)54-47(64)40-27-36(62)29-61(40)48(65)45(50(3,4)5)57-43(63)14-11-21-59-22-24-60(25-23-59)35-19-20-38(41(26-35)67-6)56-49-52-28-37(51)46(58-49)55-39-12-9-10-13-42(39)68(7,8)66/h9-10,12-13,15-20,26,28,30-31,36,40,45,62H,11,14,21-25,27,29H2,1-8H3,(H,54,64)(H,57,63)(H2,52,55,56,58)/t31-,36+,40-,45+/m0/s1. The van der Waals surface area contributed by atoms with E-state index in [-0.39, 0.29) is 43.1 Å². The number of aromatic nitrogens is 3. The number of benzene rings is 3. The second-order valence-corrected chi connectivity index (χ2v) is 23.7. The van der Waals surface area contributed by atoms with E-state index in [4.69, 9.17) is 16.3 Å². The van der Waals surface area contributed by atoms with Crippen molar-refractivity contribution in [2.45, 2.75) is 78.1 Å². The summed E-state index contributed by atoms with van der Waals surface area (Å²) in [6.07, 6.45) is 1.60. The Labute approximate surface area is 414 Å². The molecule has 2 fully saturated rings. The summed E-state index contributed by atoms with van der Waals surface area (Å²) < 4.78 is 18.7. The van der Waals surface area contributed by atoms with E-state index in [1.165, 1.54) is 11.1 Å². The number of methoxy groups -OCH3 is 1. The smallest absolute Gasteiger partial charge is 0.246 e. The van der Waals surface area contributed by atoms with Crippen LogP contribution >= 0.6 is 30.1 Å². The Bertz CT molecular complexity index is 2670. The molecule has 0 radical (unpaired) electrons. The molecule has 4 atom stereocenters. The van der Waals surface area contributed by atoms with Crippen molar-refractivity contribution in [3.05, 3.63) is 94.7 Å². The SMILES string of the molecule is COc1cc(N2CCN(CCCC(=O)N[C@H](C(=O)N3C[C@H](O)C[C@H]3C(=O)N[C@@H](C)c3ccc(-c4scnc4C)cc3)C(C)(C)C)CC2)ccc1Nc1ncc(Cl)c(Nc2ccccc2P(C)(C)=O)n1. The number of carbonyl (C=O) groups is 3. The molecule has 69 heavy (non-hydrogen) atoms. The first-order valence-corrected chi connectivity index (χ1v) is 27.1. The molecule has 0 bridgehead atoms. The average molecular weight is 1000 g/mol. The summed E-state index contributed by atoms with van der Waals surface area (Å²) in [4.78, 5) is 61.9. The Morgan fingerprint density at radius 1 is 0.971 bits per heavy atom. The molecule has 2 aliphatic rings. The molecule has 7 rings (SSSR count). The van der Waals surface area contributed by atoms with E-state index in [0.29, 0.717) is 52.2 Å². The van der Waals surface area contributed by atoms with Crippen molar-refractivity contribution in [3.63, 3.8) is 0 Å². The molecule has 5 aromatic rings. The monoisotopic (exact) mass is 998 g/mol. The van der Waals surface area contributed by atoms with Crippen LogP contribution < -0.4 is 36.2 Å². The fraction of sp³-hybridized carbons (Fsp3) is 0.440. The molecule has 0 unspecified atom stereocenters. The number of nitrogens with zero attached hydrogens (tertiary/aromatic N) is 6. The zero-order valence-electron chi connectivity index (χ0n) is 40.6. The van der Waals surface area contributed by atoms with Gasteiger partial charge in [-0.15, -0.1) is 11.3 Å². The van der Waals surface area contributed by atoms with E-state index < -0.39 is 30.7 Å². The number of likely N-dealkylation sites (tertiary alicyclic amines) is 1. The topological polar surface area (TPSA) is 194 Å². The van der Waals surface area contributed by atoms with Crippen LogP contribution in [0.1, 0.15) is 64.3 Å². The molecular formula is C50H64ClN10O6PS. The third-order valence-corrected chi connectivity index (χ3v) is 15.4. The van der Waals surface area contributed by atoms with Gasteiger partial charge in [0.2, 0.25) is 23.7 Å². The maximum atomic E-state index is 14.2. The highest BCUT2D eigenvalue weighted by molar-refractivity contribution is 7.70. The molecule has 368 valence electrons. The van der Waals surface area contributed by atoms with Gasteiger partial charge in [-0.05, 0) is 81.0 Å². The van der Waals surface area contributed by atoms with Gasteiger partial charge in [-0.3, -0.25) is 19.3 Å². The molecule has 3 amide bonds. The second kappa shape index (κ2) is 22.0. The van der Waals surface area contributed by atoms with Gasteiger partial charge in [0.15, 0.2) is 5.82 Å². The van der Waals surface area contributed by atoms with Crippen molar-refractivity contribution in [3.8, 4) is 16.2 Å². The van der Waals surface area contributed by atoms with E-state index in [1.807, 2.05) is 107 Å². The van der Waals surface area contributed by atoms with Crippen LogP contribution in [0.3, 0.4) is 0 Å². The number of nitrogens with one attached hydrogen (secondary N) is 4. The number of piperazine rings is 1. The maximum absolute atomic E-state index is 14.2. The van der Waals surface area contributed by atoms with Crippen molar-refractivity contribution in [1.82, 2.24) is 35.4 Å². The first kappa shape index (κ1) is 51.3. The van der Waals surface area contributed by atoms with Crippen LogP contribution in [-0.2, 0) is 18.9 Å². The van der Waals surface area contributed by atoms with E-state index in [1.54, 1.807) is 31.8 Å². The molecule has 0 aliphatic carbocycles. The quantitative estimate of drug-likeness (QED) is 0.0573. The first-order chi connectivity index (χ1) is 32.8. The van der Waals surface area contributed by atoms with Crippen molar-refractivity contribution >= 4 is 81.9 Å². The van der Waals surface area contributed by atoms with Gasteiger partial charge in [0.25, 0.3) is 0 Å². The normalized spacial score (nSPS) is 17.5. The van der Waals surface area contributed by atoms with Crippen LogP contribution in [0.4, 0.5) is 28.8 Å². The highest BCUT2D eigenvalue weighted by atomic mass is 35.5. The number of rotatable bonds is 17. The third kappa shape index (κ3) is 12.8. The van der Waals surface area contributed by atoms with Crippen molar-refractivity contribution in [2.24, 2.45) is 5.41 Å². The highest BCUT2D eigenvalue weighted by Gasteiger charge is 2.44. The van der Waals surface area contributed by atoms with Gasteiger partial charge in [0.05, 0.1) is 52.9 Å². The predicted octanol–water partition coefficient (Wildman–Crippen LogP) is 7.58. The number of hydrogen-bond donors (Lipinski definition) is 5. The van der Waals surface area contributed by atoms with Gasteiger partial charge >= 0.3 is 0 Å². The molecular weight excluding hydrogens is 935 g/mol. The van der Waals surface area contributed by atoms with Gasteiger partial charge in [-0.25, -0.2) is 9.97 Å². The third-order valence-electron chi connectivity index (χ3n) is 12.6. The molecule has 0 spiro atoms. The van der Waals surface area contributed by atoms with Crippen molar-refractivity contribution in [1.29, 1.82) is 0 Å². The zero-order chi connectivity index (χ0) is 49.6. The Balaban J connectivity index is 0.885. The summed E-state index contributed by atoms with van der Waals surface area (Å²) in [7, 11) is -0.966. The summed E-state index contributed by atoms with van der Waals surface area (Å²) >= 11 is 8.06. The van der Waals surface area contributed by atoms with Gasteiger partial charge in [-0.2, -0.15) is 4.98 Å². The molecule has 16 nitrogen and oxygen atoms in total. The van der Waals surface area contributed by atoms with Gasteiger partial charge in [0.1, 0.15) is 30.0 Å². The van der Waals surface area contributed by atoms with E-state index >= 15 is 0 Å². The minimum Gasteiger partial charge on any atom is -0.494 e. The number of carbonyl (C=O) groups excluding carboxylic acids is 3. The van der Waals surface area contributed by atoms with Gasteiger partial charge in [-0.1, -0.05) is 68.8 Å². The lowest BCUT2D eigenvalue weighted by Crippen LogP contribution is -2.57. The summed E-state index contributed by atoms with van der Waals surface area (Å²) in [6, 6.07) is 19.2. The number of aryl methyl sites for hydroxylation is 1. The van der Waals surface area contributed by atoms with Gasteiger partial charge in [0, 0.05) is 62.6 Å². The molecule has 2 saturated heterocycles. The second-order valence-electron chi connectivity index (χ2n) is 19.2. The van der Waals surface area contributed by atoms with E-state index in [0.717, 1.165) is 53.6 Å². The number of para-hydroxylation sites is 1.